The van der Waals surface area contributed by atoms with Gasteiger partial charge in [-0.25, -0.2) is 0 Å². The van der Waals surface area contributed by atoms with Crippen LogP contribution in [0.25, 0.3) is 0 Å². The lowest BCUT2D eigenvalue weighted by Crippen LogP contribution is -1.98. The molecule has 2 rings (SSSR count). The lowest BCUT2D eigenvalue weighted by atomic mass is 10.1. The number of aryl methyl sites for hydroxylation is 1. The SMILES string of the molecule is Cc1cccc(OCc2cc(Cl)ccc2Cl)c1C. The van der Waals surface area contributed by atoms with Crippen molar-refractivity contribution in [3.05, 3.63) is 63.1 Å². The highest BCUT2D eigenvalue weighted by molar-refractivity contribution is 6.33. The molecule has 0 aliphatic heterocycles. The van der Waals surface area contributed by atoms with Crippen LogP contribution < -0.4 is 4.74 Å². The van der Waals surface area contributed by atoms with Crippen LogP contribution in [-0.2, 0) is 6.61 Å². The maximum Gasteiger partial charge on any atom is 0.122 e. The van der Waals surface area contributed by atoms with Gasteiger partial charge in [-0.05, 0) is 49.2 Å². The largest absolute Gasteiger partial charge is 0.489 e. The van der Waals surface area contributed by atoms with E-state index in [2.05, 4.69) is 13.0 Å². The lowest BCUT2D eigenvalue weighted by Gasteiger charge is -2.11. The number of rotatable bonds is 3. The second kappa shape index (κ2) is 5.64. The van der Waals surface area contributed by atoms with Crippen molar-refractivity contribution < 1.29 is 4.74 Å². The van der Waals surface area contributed by atoms with Crippen molar-refractivity contribution in [2.45, 2.75) is 20.5 Å². The van der Waals surface area contributed by atoms with Crippen LogP contribution in [0.2, 0.25) is 10.0 Å². The summed E-state index contributed by atoms with van der Waals surface area (Å²) in [5, 5.41) is 1.34. The molecule has 0 spiro atoms. The monoisotopic (exact) mass is 280 g/mol. The van der Waals surface area contributed by atoms with Crippen LogP contribution in [-0.4, -0.2) is 0 Å². The van der Waals surface area contributed by atoms with E-state index in [1.54, 1.807) is 12.1 Å². The van der Waals surface area contributed by atoms with Crippen molar-refractivity contribution >= 4 is 23.2 Å². The molecule has 1 nitrogen and oxygen atoms in total. The first-order valence-electron chi connectivity index (χ1n) is 5.71. The van der Waals surface area contributed by atoms with Gasteiger partial charge in [-0.2, -0.15) is 0 Å². The third kappa shape index (κ3) is 2.98. The Morgan fingerprint density at radius 2 is 1.83 bits per heavy atom. The molecule has 0 unspecified atom stereocenters. The van der Waals surface area contributed by atoms with Gasteiger partial charge >= 0.3 is 0 Å². The van der Waals surface area contributed by atoms with E-state index >= 15 is 0 Å². The second-order valence-electron chi connectivity index (χ2n) is 4.22. The maximum atomic E-state index is 6.09. The molecule has 0 aliphatic carbocycles. The van der Waals surface area contributed by atoms with Crippen LogP contribution in [0.1, 0.15) is 16.7 Å². The molecule has 0 N–H and O–H groups in total. The third-order valence-corrected chi connectivity index (χ3v) is 3.55. The predicted molar refractivity (Wildman–Crippen MR) is 76.7 cm³/mol. The Balaban J connectivity index is 2.16. The molecular weight excluding hydrogens is 267 g/mol. The van der Waals surface area contributed by atoms with E-state index in [4.69, 9.17) is 27.9 Å². The Hall–Kier alpha value is -1.18. The molecule has 3 heteroatoms. The van der Waals surface area contributed by atoms with Gasteiger partial charge in [0.05, 0.1) is 0 Å². The molecule has 0 heterocycles. The van der Waals surface area contributed by atoms with Crippen molar-refractivity contribution in [2.75, 3.05) is 0 Å². The number of ether oxygens (including phenoxy) is 1. The van der Waals surface area contributed by atoms with Crippen molar-refractivity contribution in [1.82, 2.24) is 0 Å². The first kappa shape index (κ1) is 13.3. The van der Waals surface area contributed by atoms with Crippen LogP contribution in [0.5, 0.6) is 5.75 Å². The summed E-state index contributed by atoms with van der Waals surface area (Å²) in [5.74, 6) is 0.881. The van der Waals surface area contributed by atoms with Crippen molar-refractivity contribution in [3.63, 3.8) is 0 Å². The maximum absolute atomic E-state index is 6.09. The molecule has 2 aromatic rings. The van der Waals surface area contributed by atoms with E-state index in [0.29, 0.717) is 16.7 Å². The van der Waals surface area contributed by atoms with Crippen molar-refractivity contribution in [1.29, 1.82) is 0 Å². The van der Waals surface area contributed by atoms with E-state index in [9.17, 15) is 0 Å². The van der Waals surface area contributed by atoms with Crippen LogP contribution in [0.4, 0.5) is 0 Å². The fourth-order valence-corrected chi connectivity index (χ4v) is 2.06. The zero-order valence-corrected chi connectivity index (χ0v) is 11.8. The molecule has 2 aromatic carbocycles. The van der Waals surface area contributed by atoms with Crippen molar-refractivity contribution in [3.8, 4) is 5.75 Å². The van der Waals surface area contributed by atoms with Gasteiger partial charge in [0, 0.05) is 15.6 Å². The summed E-state index contributed by atoms with van der Waals surface area (Å²) in [6.45, 7) is 4.53. The van der Waals surface area contributed by atoms with Crippen LogP contribution in [0.15, 0.2) is 36.4 Å². The van der Waals surface area contributed by atoms with E-state index in [0.717, 1.165) is 16.9 Å². The molecule has 0 saturated carbocycles. The Bertz CT molecular complexity index is 562. The molecular formula is C15H14Cl2O. The molecule has 0 fully saturated rings. The quantitative estimate of drug-likeness (QED) is 0.752. The van der Waals surface area contributed by atoms with Crippen LogP contribution >= 0.6 is 23.2 Å². The Morgan fingerprint density at radius 3 is 2.61 bits per heavy atom. The van der Waals surface area contributed by atoms with E-state index < -0.39 is 0 Å². The number of halogens is 2. The average molecular weight is 281 g/mol. The van der Waals surface area contributed by atoms with E-state index in [-0.39, 0.29) is 0 Å². The zero-order chi connectivity index (χ0) is 13.1. The summed E-state index contributed by atoms with van der Waals surface area (Å²) in [7, 11) is 0. The van der Waals surface area contributed by atoms with Gasteiger partial charge in [-0.15, -0.1) is 0 Å². The minimum absolute atomic E-state index is 0.420. The molecule has 0 amide bonds. The fraction of sp³-hybridized carbons (Fsp3) is 0.200. The predicted octanol–water partition coefficient (Wildman–Crippen LogP) is 5.19. The molecule has 0 aliphatic rings. The Kier molecular flexibility index (Phi) is 4.15. The summed E-state index contributed by atoms with van der Waals surface area (Å²) in [4.78, 5) is 0. The van der Waals surface area contributed by atoms with Gasteiger partial charge in [0.1, 0.15) is 12.4 Å². The van der Waals surface area contributed by atoms with Gasteiger partial charge in [-0.1, -0.05) is 35.3 Å². The Labute approximate surface area is 117 Å². The highest BCUT2D eigenvalue weighted by Crippen LogP contribution is 2.25. The smallest absolute Gasteiger partial charge is 0.122 e. The summed E-state index contributed by atoms with van der Waals surface area (Å²) < 4.78 is 5.80. The highest BCUT2D eigenvalue weighted by atomic mass is 35.5. The fourth-order valence-electron chi connectivity index (χ4n) is 1.69. The van der Waals surface area contributed by atoms with E-state index in [1.165, 1.54) is 5.56 Å². The van der Waals surface area contributed by atoms with Gasteiger partial charge in [0.15, 0.2) is 0 Å². The number of hydrogen-bond donors (Lipinski definition) is 0. The average Bonchev–Trinajstić information content (AvgIpc) is 2.35. The lowest BCUT2D eigenvalue weighted by molar-refractivity contribution is 0.304. The summed E-state index contributed by atoms with van der Waals surface area (Å²) >= 11 is 12.0. The summed E-state index contributed by atoms with van der Waals surface area (Å²) in [5.41, 5.74) is 3.26. The highest BCUT2D eigenvalue weighted by Gasteiger charge is 2.05. The summed E-state index contributed by atoms with van der Waals surface area (Å²) in [6.07, 6.45) is 0. The van der Waals surface area contributed by atoms with Gasteiger partial charge in [0.25, 0.3) is 0 Å². The van der Waals surface area contributed by atoms with Crippen LogP contribution in [0.3, 0.4) is 0 Å². The molecule has 0 atom stereocenters. The first-order valence-corrected chi connectivity index (χ1v) is 6.46. The van der Waals surface area contributed by atoms with Gasteiger partial charge < -0.3 is 4.74 Å². The topological polar surface area (TPSA) is 9.23 Å². The van der Waals surface area contributed by atoms with Crippen LogP contribution in [0, 0.1) is 13.8 Å². The standard InChI is InChI=1S/C15H14Cl2O/c1-10-4-3-5-15(11(10)2)18-9-12-8-13(16)6-7-14(12)17/h3-8H,9H2,1-2H3. The molecule has 0 radical (unpaired) electrons. The first-order chi connectivity index (χ1) is 8.58. The molecule has 18 heavy (non-hydrogen) atoms. The number of benzene rings is 2. The molecule has 0 saturated heterocycles. The normalized spacial score (nSPS) is 10.4. The summed E-state index contributed by atoms with van der Waals surface area (Å²) in [6, 6.07) is 11.4. The van der Waals surface area contributed by atoms with Crippen molar-refractivity contribution in [2.24, 2.45) is 0 Å². The number of hydrogen-bond acceptors (Lipinski definition) is 1. The molecule has 0 bridgehead atoms. The second-order valence-corrected chi connectivity index (χ2v) is 5.07. The minimum atomic E-state index is 0.420. The van der Waals surface area contributed by atoms with Gasteiger partial charge in [-0.3, -0.25) is 0 Å². The zero-order valence-electron chi connectivity index (χ0n) is 10.3. The molecule has 94 valence electrons. The van der Waals surface area contributed by atoms with Gasteiger partial charge in [0.2, 0.25) is 0 Å². The van der Waals surface area contributed by atoms with E-state index in [1.807, 2.05) is 25.1 Å². The minimum Gasteiger partial charge on any atom is -0.489 e. The molecule has 0 aromatic heterocycles. The Morgan fingerprint density at radius 1 is 1.06 bits per heavy atom. The third-order valence-electron chi connectivity index (χ3n) is 2.95.